The maximum atomic E-state index is 5.63. The molecule has 4 heteroatoms. The van der Waals surface area contributed by atoms with Crippen LogP contribution in [0.15, 0.2) is 18.6 Å². The summed E-state index contributed by atoms with van der Waals surface area (Å²) in [4.78, 5) is 10.4. The zero-order valence-electron chi connectivity index (χ0n) is 8.60. The van der Waals surface area contributed by atoms with Gasteiger partial charge >= 0.3 is 0 Å². The molecular formula is C10H15N3O. The molecule has 1 aromatic rings. The highest BCUT2D eigenvalue weighted by molar-refractivity contribution is 5.37. The van der Waals surface area contributed by atoms with Gasteiger partial charge < -0.3 is 9.64 Å². The number of anilines is 1. The molecule has 1 aromatic heterocycles. The lowest BCUT2D eigenvalue weighted by molar-refractivity contribution is -0.0279. The minimum atomic E-state index is -0.0802. The van der Waals surface area contributed by atoms with E-state index in [1.165, 1.54) is 0 Å². The van der Waals surface area contributed by atoms with Gasteiger partial charge in [0, 0.05) is 19.3 Å². The fourth-order valence-electron chi connectivity index (χ4n) is 1.68. The van der Waals surface area contributed by atoms with Crippen LogP contribution < -0.4 is 4.90 Å². The van der Waals surface area contributed by atoms with E-state index < -0.39 is 0 Å². The summed E-state index contributed by atoms with van der Waals surface area (Å²) in [6.07, 6.45) is 3.35. The minimum Gasteiger partial charge on any atom is -0.372 e. The van der Waals surface area contributed by atoms with Gasteiger partial charge in [0.25, 0.3) is 0 Å². The Bertz CT molecular complexity index is 299. The zero-order valence-corrected chi connectivity index (χ0v) is 8.60. The molecule has 0 spiro atoms. The van der Waals surface area contributed by atoms with Crippen LogP contribution in [0, 0.1) is 0 Å². The first kappa shape index (κ1) is 9.40. The molecule has 2 rings (SSSR count). The van der Waals surface area contributed by atoms with Gasteiger partial charge in [0.2, 0.25) is 0 Å². The van der Waals surface area contributed by atoms with E-state index in [1.807, 2.05) is 6.07 Å². The summed E-state index contributed by atoms with van der Waals surface area (Å²) in [7, 11) is 0. The summed E-state index contributed by atoms with van der Waals surface area (Å²) in [6, 6.07) is 1.93. The number of rotatable bonds is 1. The molecular weight excluding hydrogens is 178 g/mol. The van der Waals surface area contributed by atoms with Crippen molar-refractivity contribution >= 4 is 5.82 Å². The summed E-state index contributed by atoms with van der Waals surface area (Å²) >= 11 is 0. The van der Waals surface area contributed by atoms with Crippen molar-refractivity contribution in [1.82, 2.24) is 9.97 Å². The Morgan fingerprint density at radius 2 is 2.36 bits per heavy atom. The Hall–Kier alpha value is -1.16. The molecule has 1 aliphatic rings. The second-order valence-electron chi connectivity index (χ2n) is 4.10. The number of hydrogen-bond acceptors (Lipinski definition) is 4. The van der Waals surface area contributed by atoms with Crippen molar-refractivity contribution in [2.24, 2.45) is 0 Å². The maximum Gasteiger partial charge on any atom is 0.132 e. The topological polar surface area (TPSA) is 38.2 Å². The van der Waals surface area contributed by atoms with Crippen LogP contribution in [-0.4, -0.2) is 35.3 Å². The van der Waals surface area contributed by atoms with E-state index in [0.717, 1.165) is 25.5 Å². The largest absolute Gasteiger partial charge is 0.372 e. The van der Waals surface area contributed by atoms with E-state index in [4.69, 9.17) is 4.74 Å². The average Bonchev–Trinajstić information content (AvgIpc) is 2.18. The van der Waals surface area contributed by atoms with Crippen LogP contribution in [0.4, 0.5) is 5.82 Å². The van der Waals surface area contributed by atoms with E-state index in [0.29, 0.717) is 0 Å². The number of aromatic nitrogens is 2. The van der Waals surface area contributed by atoms with Crippen molar-refractivity contribution in [3.8, 4) is 0 Å². The first-order valence-electron chi connectivity index (χ1n) is 4.82. The second-order valence-corrected chi connectivity index (χ2v) is 4.10. The molecule has 2 heterocycles. The predicted molar refractivity (Wildman–Crippen MR) is 54.3 cm³/mol. The molecule has 0 radical (unpaired) electrons. The van der Waals surface area contributed by atoms with Crippen LogP contribution in [0.2, 0.25) is 0 Å². The Balaban J connectivity index is 2.12. The zero-order chi connectivity index (χ0) is 10.0. The molecule has 0 N–H and O–H groups in total. The van der Waals surface area contributed by atoms with Gasteiger partial charge in [0.15, 0.2) is 0 Å². The van der Waals surface area contributed by atoms with Crippen LogP contribution in [0.1, 0.15) is 13.8 Å². The van der Waals surface area contributed by atoms with Crippen molar-refractivity contribution < 1.29 is 4.74 Å². The third-order valence-corrected chi connectivity index (χ3v) is 2.32. The smallest absolute Gasteiger partial charge is 0.132 e. The number of nitrogens with zero attached hydrogens (tertiary/aromatic N) is 3. The summed E-state index contributed by atoms with van der Waals surface area (Å²) in [5, 5.41) is 0. The number of morpholine rings is 1. The van der Waals surface area contributed by atoms with E-state index in [-0.39, 0.29) is 5.60 Å². The summed E-state index contributed by atoms with van der Waals surface area (Å²) in [6.45, 7) is 6.74. The van der Waals surface area contributed by atoms with Gasteiger partial charge in [-0.1, -0.05) is 0 Å². The molecule has 1 fully saturated rings. The monoisotopic (exact) mass is 193 g/mol. The van der Waals surface area contributed by atoms with Gasteiger partial charge in [-0.2, -0.15) is 0 Å². The second kappa shape index (κ2) is 3.53. The van der Waals surface area contributed by atoms with E-state index in [2.05, 4.69) is 28.7 Å². The van der Waals surface area contributed by atoms with Gasteiger partial charge in [0.1, 0.15) is 12.1 Å². The van der Waals surface area contributed by atoms with Crippen molar-refractivity contribution in [3.63, 3.8) is 0 Å². The predicted octanol–water partition coefficient (Wildman–Crippen LogP) is 1.09. The molecule has 0 atom stereocenters. The molecule has 0 amide bonds. The normalized spacial score (nSPS) is 20.9. The Morgan fingerprint density at radius 1 is 1.50 bits per heavy atom. The third-order valence-electron chi connectivity index (χ3n) is 2.32. The van der Waals surface area contributed by atoms with E-state index in [9.17, 15) is 0 Å². The van der Waals surface area contributed by atoms with Crippen LogP contribution in [0.5, 0.6) is 0 Å². The fourth-order valence-corrected chi connectivity index (χ4v) is 1.68. The van der Waals surface area contributed by atoms with Crippen LogP contribution in [-0.2, 0) is 4.74 Å². The maximum absolute atomic E-state index is 5.63. The molecule has 1 aliphatic heterocycles. The van der Waals surface area contributed by atoms with Crippen molar-refractivity contribution in [1.29, 1.82) is 0 Å². The van der Waals surface area contributed by atoms with Gasteiger partial charge in [-0.25, -0.2) is 9.97 Å². The van der Waals surface area contributed by atoms with Crippen LogP contribution >= 0.6 is 0 Å². The van der Waals surface area contributed by atoms with Gasteiger partial charge in [-0.3, -0.25) is 0 Å². The highest BCUT2D eigenvalue weighted by atomic mass is 16.5. The molecule has 0 unspecified atom stereocenters. The summed E-state index contributed by atoms with van der Waals surface area (Å²) in [5.74, 6) is 0.983. The van der Waals surface area contributed by atoms with E-state index in [1.54, 1.807) is 12.5 Å². The lowest BCUT2D eigenvalue weighted by Gasteiger charge is -2.38. The summed E-state index contributed by atoms with van der Waals surface area (Å²) < 4.78 is 5.63. The fraction of sp³-hybridized carbons (Fsp3) is 0.600. The molecule has 0 bridgehead atoms. The standard InChI is InChI=1S/C10H15N3O/c1-10(2)7-13(5-6-14-10)9-3-4-11-8-12-9/h3-4,8H,5-7H2,1-2H3. The first-order chi connectivity index (χ1) is 6.67. The molecule has 76 valence electrons. The Morgan fingerprint density at radius 3 is 3.00 bits per heavy atom. The number of ether oxygens (including phenoxy) is 1. The third kappa shape index (κ3) is 2.01. The highest BCUT2D eigenvalue weighted by Crippen LogP contribution is 2.20. The van der Waals surface area contributed by atoms with Crippen molar-refractivity contribution in [2.75, 3.05) is 24.6 Å². The SMILES string of the molecule is CC1(C)CN(c2ccncn2)CCO1. The van der Waals surface area contributed by atoms with Crippen LogP contribution in [0.3, 0.4) is 0 Å². The molecule has 14 heavy (non-hydrogen) atoms. The lowest BCUT2D eigenvalue weighted by Crippen LogP contribution is -2.48. The average molecular weight is 193 g/mol. The Kier molecular flexibility index (Phi) is 2.37. The highest BCUT2D eigenvalue weighted by Gasteiger charge is 2.27. The first-order valence-corrected chi connectivity index (χ1v) is 4.82. The Labute approximate surface area is 83.9 Å². The molecule has 4 nitrogen and oxygen atoms in total. The quantitative estimate of drug-likeness (QED) is 0.669. The van der Waals surface area contributed by atoms with Gasteiger partial charge in [-0.15, -0.1) is 0 Å². The van der Waals surface area contributed by atoms with Gasteiger partial charge in [-0.05, 0) is 19.9 Å². The minimum absolute atomic E-state index is 0.0802. The molecule has 0 aliphatic carbocycles. The lowest BCUT2D eigenvalue weighted by atomic mass is 10.1. The van der Waals surface area contributed by atoms with Gasteiger partial charge in [0.05, 0.1) is 12.2 Å². The molecule has 0 aromatic carbocycles. The molecule has 1 saturated heterocycles. The van der Waals surface area contributed by atoms with Crippen molar-refractivity contribution in [3.05, 3.63) is 18.6 Å². The van der Waals surface area contributed by atoms with Crippen molar-refractivity contribution in [2.45, 2.75) is 19.4 Å². The summed E-state index contributed by atoms with van der Waals surface area (Å²) in [5.41, 5.74) is -0.0802. The molecule has 0 saturated carbocycles. The number of hydrogen-bond donors (Lipinski definition) is 0. The van der Waals surface area contributed by atoms with E-state index >= 15 is 0 Å². The van der Waals surface area contributed by atoms with Crippen LogP contribution in [0.25, 0.3) is 0 Å².